The molecule has 5 heterocycles. The Morgan fingerprint density at radius 1 is 1.09 bits per heavy atom. The maximum atomic E-state index is 13.5. The van der Waals surface area contributed by atoms with Crippen LogP contribution in [0.4, 0.5) is 5.69 Å². The highest BCUT2D eigenvalue weighted by Gasteiger charge is 2.61. The topological polar surface area (TPSA) is 92.1 Å². The standard InChI is InChI=1S/C24H21N7O/c1-16-12-29(23(32)24(16,15-25)19-2-3-19)21-6-9-27-31-13-17(10-22(21)31)18-11-28-30(14-18)20-4-7-26-8-5-20/h4-11,13-14,16,19H,2-3,12H2,1H3/t16-,24+/m1/s1. The van der Waals surface area contributed by atoms with Gasteiger partial charge in [0.1, 0.15) is 5.41 Å². The van der Waals surface area contributed by atoms with E-state index < -0.39 is 5.41 Å². The van der Waals surface area contributed by atoms with Crippen molar-refractivity contribution in [3.8, 4) is 22.9 Å². The van der Waals surface area contributed by atoms with Crippen molar-refractivity contribution >= 4 is 17.1 Å². The lowest BCUT2D eigenvalue weighted by Gasteiger charge is -2.23. The highest BCUT2D eigenvalue weighted by Crippen LogP contribution is 2.54. The summed E-state index contributed by atoms with van der Waals surface area (Å²) < 4.78 is 3.59. The second-order valence-corrected chi connectivity index (χ2v) is 8.73. The Kier molecular flexibility index (Phi) is 3.96. The number of hydrogen-bond donors (Lipinski definition) is 0. The predicted octanol–water partition coefficient (Wildman–Crippen LogP) is 3.48. The molecule has 4 aromatic heterocycles. The first-order valence-electron chi connectivity index (χ1n) is 10.8. The summed E-state index contributed by atoms with van der Waals surface area (Å²) in [5, 5.41) is 18.9. The number of rotatable bonds is 4. The SMILES string of the molecule is C[C@@H]1CN(c2ccnn3cc(-c4cnn(-c5ccncc5)c4)cc23)C(=O)[C@]1(C#N)C1CC1. The Labute approximate surface area is 184 Å². The molecule has 0 aromatic carbocycles. The maximum absolute atomic E-state index is 13.5. The molecule has 0 N–H and O–H groups in total. The average molecular weight is 423 g/mol. The van der Waals surface area contributed by atoms with Crippen molar-refractivity contribution in [3.63, 3.8) is 0 Å². The summed E-state index contributed by atoms with van der Waals surface area (Å²) in [6, 6.07) is 10.1. The molecule has 6 rings (SSSR count). The molecule has 0 radical (unpaired) electrons. The molecule has 1 aliphatic heterocycles. The van der Waals surface area contributed by atoms with E-state index >= 15 is 0 Å². The van der Waals surface area contributed by atoms with Crippen molar-refractivity contribution in [2.75, 3.05) is 11.4 Å². The molecule has 8 heteroatoms. The highest BCUT2D eigenvalue weighted by molar-refractivity contribution is 6.05. The number of carbonyl (C=O) groups is 1. The van der Waals surface area contributed by atoms with E-state index in [4.69, 9.17) is 0 Å². The summed E-state index contributed by atoms with van der Waals surface area (Å²) in [5.74, 6) is 0.101. The van der Waals surface area contributed by atoms with Crippen LogP contribution in [0.15, 0.2) is 61.4 Å². The van der Waals surface area contributed by atoms with Crippen molar-refractivity contribution in [1.82, 2.24) is 24.4 Å². The fourth-order valence-corrected chi connectivity index (χ4v) is 5.00. The molecular formula is C24H21N7O. The first-order chi connectivity index (χ1) is 15.6. The molecular weight excluding hydrogens is 402 g/mol. The summed E-state index contributed by atoms with van der Waals surface area (Å²) in [6.07, 6.45) is 12.8. The van der Waals surface area contributed by atoms with E-state index in [1.807, 2.05) is 49.8 Å². The number of nitriles is 1. The lowest BCUT2D eigenvalue weighted by atomic mass is 9.75. The molecule has 0 bridgehead atoms. The molecule has 2 fully saturated rings. The lowest BCUT2D eigenvalue weighted by Crippen LogP contribution is -2.37. The summed E-state index contributed by atoms with van der Waals surface area (Å²) in [5.41, 5.74) is 3.56. The average Bonchev–Trinajstić information content (AvgIpc) is 3.29. The fourth-order valence-electron chi connectivity index (χ4n) is 5.00. The van der Waals surface area contributed by atoms with Crippen molar-refractivity contribution in [1.29, 1.82) is 5.26 Å². The molecule has 2 atom stereocenters. The molecule has 8 nitrogen and oxygen atoms in total. The smallest absolute Gasteiger partial charge is 0.248 e. The van der Waals surface area contributed by atoms with Gasteiger partial charge in [0.05, 0.1) is 29.2 Å². The molecule has 1 saturated heterocycles. The molecule has 158 valence electrons. The van der Waals surface area contributed by atoms with Crippen LogP contribution < -0.4 is 4.90 Å². The van der Waals surface area contributed by atoms with Gasteiger partial charge in [0.25, 0.3) is 0 Å². The third kappa shape index (κ3) is 2.61. The van der Waals surface area contributed by atoms with Gasteiger partial charge in [-0.3, -0.25) is 9.78 Å². The molecule has 32 heavy (non-hydrogen) atoms. The van der Waals surface area contributed by atoms with Gasteiger partial charge in [-0.25, -0.2) is 9.20 Å². The van der Waals surface area contributed by atoms with Crippen LogP contribution in [-0.4, -0.2) is 36.8 Å². The number of hydrogen-bond acceptors (Lipinski definition) is 5. The van der Waals surface area contributed by atoms with Crippen molar-refractivity contribution < 1.29 is 4.79 Å². The second-order valence-electron chi connectivity index (χ2n) is 8.73. The van der Waals surface area contributed by atoms with E-state index in [0.717, 1.165) is 40.9 Å². The van der Waals surface area contributed by atoms with Crippen molar-refractivity contribution in [2.24, 2.45) is 17.3 Å². The van der Waals surface area contributed by atoms with Crippen LogP contribution in [0.2, 0.25) is 0 Å². The molecule has 1 aliphatic carbocycles. The normalized spacial score (nSPS) is 23.1. The maximum Gasteiger partial charge on any atom is 0.248 e. The summed E-state index contributed by atoms with van der Waals surface area (Å²) in [7, 11) is 0. The molecule has 1 amide bonds. The number of amides is 1. The molecule has 1 saturated carbocycles. The zero-order chi connectivity index (χ0) is 21.9. The van der Waals surface area contributed by atoms with E-state index in [1.54, 1.807) is 32.7 Å². The van der Waals surface area contributed by atoms with Gasteiger partial charge in [-0.05, 0) is 43.0 Å². The Balaban J connectivity index is 1.39. The minimum Gasteiger partial charge on any atom is -0.309 e. The Hall–Kier alpha value is -3.99. The third-order valence-corrected chi connectivity index (χ3v) is 6.86. The number of fused-ring (bicyclic) bond motifs is 1. The first kappa shape index (κ1) is 18.8. The van der Waals surface area contributed by atoms with Crippen LogP contribution >= 0.6 is 0 Å². The minimum absolute atomic E-state index is 0.00579. The zero-order valence-electron chi connectivity index (χ0n) is 17.6. The Morgan fingerprint density at radius 2 is 1.91 bits per heavy atom. The van der Waals surface area contributed by atoms with Crippen molar-refractivity contribution in [2.45, 2.75) is 19.8 Å². The predicted molar refractivity (Wildman–Crippen MR) is 118 cm³/mol. The molecule has 2 aliphatic rings. The van der Waals surface area contributed by atoms with Gasteiger partial charge >= 0.3 is 0 Å². The van der Waals surface area contributed by atoms with E-state index in [-0.39, 0.29) is 17.7 Å². The summed E-state index contributed by atoms with van der Waals surface area (Å²) >= 11 is 0. The van der Waals surface area contributed by atoms with Gasteiger partial charge in [-0.15, -0.1) is 0 Å². The van der Waals surface area contributed by atoms with Crippen LogP contribution in [0.1, 0.15) is 19.8 Å². The van der Waals surface area contributed by atoms with Crippen LogP contribution in [0.5, 0.6) is 0 Å². The molecule has 0 spiro atoms. The monoisotopic (exact) mass is 423 g/mol. The number of anilines is 1. The van der Waals surface area contributed by atoms with Crippen LogP contribution in [0, 0.1) is 28.6 Å². The number of aromatic nitrogens is 5. The first-order valence-corrected chi connectivity index (χ1v) is 10.8. The minimum atomic E-state index is -0.901. The molecule has 4 aromatic rings. The largest absolute Gasteiger partial charge is 0.309 e. The van der Waals surface area contributed by atoms with Gasteiger partial charge in [0.15, 0.2) is 0 Å². The van der Waals surface area contributed by atoms with Crippen LogP contribution in [0.25, 0.3) is 22.3 Å². The van der Waals surface area contributed by atoms with E-state index in [0.29, 0.717) is 6.54 Å². The van der Waals surface area contributed by atoms with Crippen LogP contribution in [0.3, 0.4) is 0 Å². The summed E-state index contributed by atoms with van der Waals surface area (Å²) in [4.78, 5) is 19.3. The third-order valence-electron chi connectivity index (χ3n) is 6.86. The van der Waals surface area contributed by atoms with Gasteiger partial charge < -0.3 is 4.90 Å². The highest BCUT2D eigenvalue weighted by atomic mass is 16.2. The quantitative estimate of drug-likeness (QED) is 0.501. The van der Waals surface area contributed by atoms with E-state index in [1.165, 1.54) is 0 Å². The fraction of sp³-hybridized carbons (Fsp3) is 0.292. The van der Waals surface area contributed by atoms with Crippen LogP contribution in [-0.2, 0) is 4.79 Å². The van der Waals surface area contributed by atoms with E-state index in [2.05, 4.69) is 21.3 Å². The Morgan fingerprint density at radius 3 is 2.66 bits per heavy atom. The summed E-state index contributed by atoms with van der Waals surface area (Å²) in [6.45, 7) is 2.57. The Bertz CT molecular complexity index is 1380. The van der Waals surface area contributed by atoms with Crippen molar-refractivity contribution in [3.05, 3.63) is 61.4 Å². The van der Waals surface area contributed by atoms with E-state index in [9.17, 15) is 10.1 Å². The van der Waals surface area contributed by atoms with Gasteiger partial charge in [-0.2, -0.15) is 15.5 Å². The number of carbonyl (C=O) groups excluding carboxylic acids is 1. The number of pyridine rings is 1. The van der Waals surface area contributed by atoms with Gasteiger partial charge in [-0.1, -0.05) is 6.92 Å². The number of nitrogens with zero attached hydrogens (tertiary/aromatic N) is 7. The van der Waals surface area contributed by atoms with Gasteiger partial charge in [0.2, 0.25) is 5.91 Å². The zero-order valence-corrected chi connectivity index (χ0v) is 17.6. The molecule has 0 unspecified atom stereocenters. The van der Waals surface area contributed by atoms with Gasteiger partial charge in [0, 0.05) is 54.6 Å². The lowest BCUT2D eigenvalue weighted by molar-refractivity contribution is -0.124. The second kappa shape index (κ2) is 6.76.